The van der Waals surface area contributed by atoms with Crippen LogP contribution in [0.3, 0.4) is 0 Å². The summed E-state index contributed by atoms with van der Waals surface area (Å²) >= 11 is 3.61. The third kappa shape index (κ3) is 4.45. The SMILES string of the molecule is CCNC(Cc1cc(OC)ccc1Br)CC1OCCO1. The second-order valence-electron chi connectivity index (χ2n) is 4.82. The number of hydrogen-bond acceptors (Lipinski definition) is 4. The predicted molar refractivity (Wildman–Crippen MR) is 82.2 cm³/mol. The van der Waals surface area contributed by atoms with Crippen molar-refractivity contribution in [2.24, 2.45) is 0 Å². The third-order valence-electron chi connectivity index (χ3n) is 3.38. The molecule has 1 saturated heterocycles. The van der Waals surface area contributed by atoms with Crippen molar-refractivity contribution in [3.8, 4) is 5.75 Å². The lowest BCUT2D eigenvalue weighted by atomic mass is 10.0. The highest BCUT2D eigenvalue weighted by molar-refractivity contribution is 9.10. The molecule has 0 radical (unpaired) electrons. The van der Waals surface area contributed by atoms with E-state index in [4.69, 9.17) is 14.2 Å². The van der Waals surface area contributed by atoms with Gasteiger partial charge in [-0.05, 0) is 36.7 Å². The summed E-state index contributed by atoms with van der Waals surface area (Å²) in [6, 6.07) is 6.38. The van der Waals surface area contributed by atoms with Gasteiger partial charge in [-0.25, -0.2) is 0 Å². The van der Waals surface area contributed by atoms with E-state index in [-0.39, 0.29) is 6.29 Å². The third-order valence-corrected chi connectivity index (χ3v) is 4.15. The summed E-state index contributed by atoms with van der Waals surface area (Å²) in [6.45, 7) is 4.45. The van der Waals surface area contributed by atoms with Crippen LogP contribution in [0.4, 0.5) is 0 Å². The summed E-state index contributed by atoms with van der Waals surface area (Å²) in [5, 5.41) is 3.50. The first kappa shape index (κ1) is 15.8. The number of halogens is 1. The lowest BCUT2D eigenvalue weighted by Crippen LogP contribution is -2.34. The minimum Gasteiger partial charge on any atom is -0.497 e. The van der Waals surface area contributed by atoms with Crippen LogP contribution in [0.25, 0.3) is 0 Å². The maximum atomic E-state index is 5.54. The first-order valence-electron chi connectivity index (χ1n) is 7.02. The van der Waals surface area contributed by atoms with Crippen molar-refractivity contribution in [2.75, 3.05) is 26.9 Å². The normalized spacial score (nSPS) is 17.4. The number of likely N-dealkylation sites (N-methyl/N-ethyl adjacent to an activating group) is 1. The Morgan fingerprint density at radius 1 is 1.40 bits per heavy atom. The molecule has 1 fully saturated rings. The van der Waals surface area contributed by atoms with E-state index in [1.165, 1.54) is 5.56 Å². The minimum absolute atomic E-state index is 0.0802. The van der Waals surface area contributed by atoms with E-state index in [0.29, 0.717) is 19.3 Å². The van der Waals surface area contributed by atoms with Gasteiger partial charge >= 0.3 is 0 Å². The van der Waals surface area contributed by atoms with Crippen LogP contribution in [0.15, 0.2) is 22.7 Å². The van der Waals surface area contributed by atoms with Crippen LogP contribution in [0, 0.1) is 0 Å². The molecule has 20 heavy (non-hydrogen) atoms. The van der Waals surface area contributed by atoms with Gasteiger partial charge in [0.15, 0.2) is 6.29 Å². The molecular formula is C15H22BrNO3. The zero-order valence-corrected chi connectivity index (χ0v) is 13.6. The Balaban J connectivity index is 2.02. The summed E-state index contributed by atoms with van der Waals surface area (Å²) in [5.41, 5.74) is 1.23. The van der Waals surface area contributed by atoms with Gasteiger partial charge in [-0.15, -0.1) is 0 Å². The van der Waals surface area contributed by atoms with Gasteiger partial charge in [0.2, 0.25) is 0 Å². The van der Waals surface area contributed by atoms with Gasteiger partial charge in [0.1, 0.15) is 5.75 Å². The summed E-state index contributed by atoms with van der Waals surface area (Å²) in [4.78, 5) is 0. The van der Waals surface area contributed by atoms with Crippen LogP contribution in [-0.4, -0.2) is 39.2 Å². The molecule has 1 atom stereocenters. The number of nitrogens with one attached hydrogen (secondary N) is 1. The Kier molecular flexibility index (Phi) is 6.29. The largest absolute Gasteiger partial charge is 0.497 e. The average molecular weight is 344 g/mol. The van der Waals surface area contributed by atoms with Crippen LogP contribution in [0.2, 0.25) is 0 Å². The lowest BCUT2D eigenvalue weighted by molar-refractivity contribution is -0.0525. The number of methoxy groups -OCH3 is 1. The molecule has 0 saturated carbocycles. The Morgan fingerprint density at radius 3 is 2.80 bits per heavy atom. The summed E-state index contributed by atoms with van der Waals surface area (Å²) in [7, 11) is 1.69. The van der Waals surface area contributed by atoms with E-state index in [1.807, 2.05) is 12.1 Å². The van der Waals surface area contributed by atoms with E-state index in [2.05, 4.69) is 34.2 Å². The molecule has 0 aromatic heterocycles. The molecule has 0 aliphatic carbocycles. The quantitative estimate of drug-likeness (QED) is 0.826. The van der Waals surface area contributed by atoms with Gasteiger partial charge < -0.3 is 19.5 Å². The molecule has 1 aromatic rings. The number of rotatable bonds is 7. The van der Waals surface area contributed by atoms with Gasteiger partial charge in [0.25, 0.3) is 0 Å². The molecule has 1 aliphatic heterocycles. The zero-order valence-electron chi connectivity index (χ0n) is 12.0. The van der Waals surface area contributed by atoms with Crippen LogP contribution in [0.1, 0.15) is 18.9 Å². The molecule has 0 spiro atoms. The molecule has 1 N–H and O–H groups in total. The second kappa shape index (κ2) is 7.98. The smallest absolute Gasteiger partial charge is 0.159 e. The van der Waals surface area contributed by atoms with Crippen molar-refractivity contribution in [1.82, 2.24) is 5.32 Å². The average Bonchev–Trinajstić information content (AvgIpc) is 2.94. The Bertz CT molecular complexity index is 422. The van der Waals surface area contributed by atoms with E-state index in [9.17, 15) is 0 Å². The van der Waals surface area contributed by atoms with Gasteiger partial charge in [0.05, 0.1) is 20.3 Å². The molecule has 1 heterocycles. The van der Waals surface area contributed by atoms with Crippen molar-refractivity contribution >= 4 is 15.9 Å². The molecule has 4 nitrogen and oxygen atoms in total. The molecule has 2 rings (SSSR count). The minimum atomic E-state index is -0.0802. The Labute approximate surface area is 128 Å². The molecule has 0 amide bonds. The van der Waals surface area contributed by atoms with Crippen molar-refractivity contribution in [3.63, 3.8) is 0 Å². The molecular weight excluding hydrogens is 322 g/mol. The lowest BCUT2D eigenvalue weighted by Gasteiger charge is -2.21. The molecule has 1 aromatic carbocycles. The standard InChI is InChI=1S/C15H22BrNO3/c1-3-17-12(10-15-19-6-7-20-15)8-11-9-13(18-2)4-5-14(11)16/h4-5,9,12,15,17H,3,6-8,10H2,1-2H3. The van der Waals surface area contributed by atoms with Gasteiger partial charge in [-0.1, -0.05) is 22.9 Å². The van der Waals surface area contributed by atoms with Crippen molar-refractivity contribution in [1.29, 1.82) is 0 Å². The van der Waals surface area contributed by atoms with Crippen LogP contribution >= 0.6 is 15.9 Å². The predicted octanol–water partition coefficient (Wildman–Crippen LogP) is 2.74. The Hall–Kier alpha value is -0.620. The monoisotopic (exact) mass is 343 g/mol. The highest BCUT2D eigenvalue weighted by atomic mass is 79.9. The summed E-state index contributed by atoms with van der Waals surface area (Å²) < 4.78 is 17.5. The number of ether oxygens (including phenoxy) is 3. The van der Waals surface area contributed by atoms with E-state index in [0.717, 1.165) is 29.6 Å². The van der Waals surface area contributed by atoms with E-state index < -0.39 is 0 Å². The maximum Gasteiger partial charge on any atom is 0.159 e. The first-order chi connectivity index (χ1) is 9.72. The molecule has 0 bridgehead atoms. The van der Waals surface area contributed by atoms with Crippen LogP contribution in [0.5, 0.6) is 5.75 Å². The van der Waals surface area contributed by atoms with Crippen molar-refractivity contribution in [3.05, 3.63) is 28.2 Å². The van der Waals surface area contributed by atoms with Crippen LogP contribution in [-0.2, 0) is 15.9 Å². The van der Waals surface area contributed by atoms with Crippen LogP contribution < -0.4 is 10.1 Å². The van der Waals surface area contributed by atoms with Crippen molar-refractivity contribution in [2.45, 2.75) is 32.1 Å². The molecule has 1 unspecified atom stereocenters. The van der Waals surface area contributed by atoms with Gasteiger partial charge in [-0.3, -0.25) is 0 Å². The maximum absolute atomic E-state index is 5.54. The zero-order chi connectivity index (χ0) is 14.4. The molecule has 112 valence electrons. The fourth-order valence-corrected chi connectivity index (χ4v) is 2.81. The van der Waals surface area contributed by atoms with E-state index >= 15 is 0 Å². The molecule has 5 heteroatoms. The topological polar surface area (TPSA) is 39.7 Å². The molecule has 1 aliphatic rings. The Morgan fingerprint density at radius 2 is 2.15 bits per heavy atom. The highest BCUT2D eigenvalue weighted by Gasteiger charge is 2.21. The summed E-state index contributed by atoms with van der Waals surface area (Å²) in [6.07, 6.45) is 1.69. The first-order valence-corrected chi connectivity index (χ1v) is 7.81. The number of hydrogen-bond donors (Lipinski definition) is 1. The van der Waals surface area contributed by atoms with Gasteiger partial charge in [0, 0.05) is 16.9 Å². The second-order valence-corrected chi connectivity index (χ2v) is 5.68. The fraction of sp³-hybridized carbons (Fsp3) is 0.600. The number of benzene rings is 1. The van der Waals surface area contributed by atoms with Gasteiger partial charge in [-0.2, -0.15) is 0 Å². The fourth-order valence-electron chi connectivity index (χ4n) is 2.40. The summed E-state index contributed by atoms with van der Waals surface area (Å²) in [5.74, 6) is 0.881. The van der Waals surface area contributed by atoms with E-state index in [1.54, 1.807) is 7.11 Å². The highest BCUT2D eigenvalue weighted by Crippen LogP contribution is 2.25. The van der Waals surface area contributed by atoms with Crippen molar-refractivity contribution < 1.29 is 14.2 Å².